The molecule has 0 aromatic heterocycles. The first kappa shape index (κ1) is 30.4. The van der Waals surface area contributed by atoms with Crippen LogP contribution in [0.1, 0.15) is 57.9 Å². The van der Waals surface area contributed by atoms with E-state index in [1.165, 1.54) is 16.4 Å². The van der Waals surface area contributed by atoms with Crippen LogP contribution in [-0.4, -0.2) is 73.9 Å². The molecule has 41 heavy (non-hydrogen) atoms. The summed E-state index contributed by atoms with van der Waals surface area (Å²) in [5.41, 5.74) is 4.48. The largest absolute Gasteiger partial charge is 0.370 e. The van der Waals surface area contributed by atoms with E-state index >= 15 is 0 Å². The van der Waals surface area contributed by atoms with Gasteiger partial charge in [-0.25, -0.2) is 8.42 Å². The summed E-state index contributed by atoms with van der Waals surface area (Å²) in [5.74, 6) is 0.113. The zero-order valence-electron chi connectivity index (χ0n) is 23.9. The molecule has 4 rings (SSSR count). The predicted octanol–water partition coefficient (Wildman–Crippen LogP) is 4.69. The number of nitrogens with zero attached hydrogens (tertiary/aromatic N) is 5. The molecule has 2 saturated heterocycles. The Morgan fingerprint density at radius 1 is 1.07 bits per heavy atom. The number of non-ortho nitro benzene ring substituents is 1. The van der Waals surface area contributed by atoms with Crippen LogP contribution in [0.5, 0.6) is 0 Å². The van der Waals surface area contributed by atoms with Gasteiger partial charge >= 0.3 is 0 Å². The molecule has 0 unspecified atom stereocenters. The number of hydrogen-bond donors (Lipinski definition) is 1. The van der Waals surface area contributed by atoms with E-state index < -0.39 is 14.9 Å². The summed E-state index contributed by atoms with van der Waals surface area (Å²) in [7, 11) is -3.97. The average Bonchev–Trinajstić information content (AvgIpc) is 3.28. The van der Waals surface area contributed by atoms with Crippen LogP contribution in [0.3, 0.4) is 0 Å². The second-order valence-corrected chi connectivity index (χ2v) is 12.4. The number of hydrazone groups is 1. The normalized spacial score (nSPS) is 18.7. The molecule has 1 N–H and O–H groups in total. The lowest BCUT2D eigenvalue weighted by molar-refractivity contribution is -0.385. The maximum absolute atomic E-state index is 13.6. The van der Waals surface area contributed by atoms with Crippen molar-refractivity contribution < 1.29 is 18.1 Å². The van der Waals surface area contributed by atoms with E-state index in [-0.39, 0.29) is 28.1 Å². The summed E-state index contributed by atoms with van der Waals surface area (Å²) < 4.78 is 28.6. The Morgan fingerprint density at radius 3 is 2.46 bits per heavy atom. The maximum Gasteiger partial charge on any atom is 0.270 e. The molecule has 2 aromatic carbocycles. The fraction of sp³-hybridized carbons (Fsp3) is 0.517. The molecule has 0 spiro atoms. The minimum absolute atomic E-state index is 0.0707. The van der Waals surface area contributed by atoms with Crippen LogP contribution in [0, 0.1) is 16.0 Å². The molecule has 2 aliphatic heterocycles. The van der Waals surface area contributed by atoms with Gasteiger partial charge in [0, 0.05) is 62.7 Å². The van der Waals surface area contributed by atoms with E-state index in [9.17, 15) is 23.3 Å². The van der Waals surface area contributed by atoms with Crippen molar-refractivity contribution >= 4 is 39.2 Å². The highest BCUT2D eigenvalue weighted by Crippen LogP contribution is 2.31. The fourth-order valence-corrected chi connectivity index (χ4v) is 7.28. The van der Waals surface area contributed by atoms with E-state index in [4.69, 9.17) is 0 Å². The maximum atomic E-state index is 13.6. The van der Waals surface area contributed by atoms with Gasteiger partial charge in [0.25, 0.3) is 5.69 Å². The van der Waals surface area contributed by atoms with Crippen LogP contribution in [0.25, 0.3) is 0 Å². The Balaban J connectivity index is 1.57. The highest BCUT2D eigenvalue weighted by atomic mass is 32.2. The topological polar surface area (TPSA) is 128 Å². The van der Waals surface area contributed by atoms with E-state index in [0.29, 0.717) is 32.7 Å². The molecule has 1 amide bonds. The van der Waals surface area contributed by atoms with Gasteiger partial charge in [0.15, 0.2) is 0 Å². The molecule has 2 aromatic rings. The zero-order chi connectivity index (χ0) is 29.4. The quantitative estimate of drug-likeness (QED) is 0.244. The van der Waals surface area contributed by atoms with Crippen molar-refractivity contribution in [1.82, 2.24) is 9.21 Å². The first-order chi connectivity index (χ1) is 19.8. The SMILES string of the molecule is CCN(CC)C(=O)[C@H]1CCCN(c2ccccc2/C=N\Nc2ccc([N+](=O)[O-])cc2S(=O)(=O)N2CCCCCC2)C1. The van der Waals surface area contributed by atoms with Crippen LogP contribution >= 0.6 is 0 Å². The molecule has 0 aliphatic carbocycles. The van der Waals surface area contributed by atoms with Crippen molar-refractivity contribution in [1.29, 1.82) is 0 Å². The first-order valence-electron chi connectivity index (χ1n) is 14.5. The van der Waals surface area contributed by atoms with Crippen LogP contribution in [-0.2, 0) is 14.8 Å². The Labute approximate surface area is 242 Å². The lowest BCUT2D eigenvalue weighted by atomic mass is 9.95. The molecule has 2 heterocycles. The van der Waals surface area contributed by atoms with Crippen molar-refractivity contribution in [2.75, 3.05) is 49.6 Å². The summed E-state index contributed by atoms with van der Waals surface area (Å²) in [6, 6.07) is 11.5. The number of nitro benzene ring substituents is 1. The van der Waals surface area contributed by atoms with Gasteiger partial charge in [-0.15, -0.1) is 0 Å². The molecule has 2 aliphatic rings. The minimum Gasteiger partial charge on any atom is -0.370 e. The van der Waals surface area contributed by atoms with Crippen molar-refractivity contribution in [2.24, 2.45) is 11.0 Å². The number of carbonyl (C=O) groups excluding carboxylic acids is 1. The van der Waals surface area contributed by atoms with Crippen molar-refractivity contribution in [3.8, 4) is 0 Å². The molecule has 222 valence electrons. The Morgan fingerprint density at radius 2 is 1.78 bits per heavy atom. The standard InChI is InChI=1S/C29H40N6O5S/c1-3-32(4-2)29(36)24-13-11-17-33(22-24)27-14-8-7-12-23(27)21-30-31-26-16-15-25(35(37)38)20-28(26)41(39,40)34-18-9-5-6-10-19-34/h7-8,12,14-16,20-21,24,31H,3-6,9-11,13,17-19,22H2,1-2H3/b30-21-/t24-/m0/s1. The summed E-state index contributed by atoms with van der Waals surface area (Å²) in [5, 5.41) is 15.8. The highest BCUT2D eigenvalue weighted by molar-refractivity contribution is 7.89. The number of nitro groups is 1. The summed E-state index contributed by atoms with van der Waals surface area (Å²) in [6.45, 7) is 7.59. The van der Waals surface area contributed by atoms with Crippen LogP contribution in [0.4, 0.5) is 17.1 Å². The third-order valence-electron chi connectivity index (χ3n) is 7.87. The third-order valence-corrected chi connectivity index (χ3v) is 9.81. The summed E-state index contributed by atoms with van der Waals surface area (Å²) >= 11 is 0. The molecular formula is C29H40N6O5S. The molecule has 0 saturated carbocycles. The lowest BCUT2D eigenvalue weighted by Crippen LogP contribution is -2.45. The van der Waals surface area contributed by atoms with Crippen molar-refractivity contribution in [3.05, 3.63) is 58.1 Å². The van der Waals surface area contributed by atoms with Crippen LogP contribution < -0.4 is 10.3 Å². The molecule has 0 bridgehead atoms. The zero-order valence-corrected chi connectivity index (χ0v) is 24.7. The molecule has 2 fully saturated rings. The van der Waals surface area contributed by atoms with Gasteiger partial charge in [-0.2, -0.15) is 9.41 Å². The average molecular weight is 585 g/mol. The number of piperidine rings is 1. The number of sulfonamides is 1. The Bertz CT molecular complexity index is 1350. The number of benzene rings is 2. The van der Waals surface area contributed by atoms with E-state index in [2.05, 4.69) is 15.4 Å². The van der Waals surface area contributed by atoms with Gasteiger partial charge in [-0.3, -0.25) is 20.3 Å². The van der Waals surface area contributed by atoms with Gasteiger partial charge in [0.1, 0.15) is 4.90 Å². The van der Waals surface area contributed by atoms with E-state index in [1.54, 1.807) is 6.21 Å². The van der Waals surface area contributed by atoms with Gasteiger partial charge in [-0.05, 0) is 51.7 Å². The highest BCUT2D eigenvalue weighted by Gasteiger charge is 2.30. The second-order valence-electron chi connectivity index (χ2n) is 10.5. The number of amides is 1. The molecule has 11 nitrogen and oxygen atoms in total. The van der Waals surface area contributed by atoms with Crippen molar-refractivity contribution in [2.45, 2.75) is 57.3 Å². The lowest BCUT2D eigenvalue weighted by Gasteiger charge is -2.36. The molecule has 0 radical (unpaired) electrons. The minimum atomic E-state index is -3.97. The Hall–Kier alpha value is -3.51. The fourth-order valence-electron chi connectivity index (χ4n) is 5.60. The van der Waals surface area contributed by atoms with E-state index in [1.807, 2.05) is 43.0 Å². The van der Waals surface area contributed by atoms with Gasteiger partial charge in [0.2, 0.25) is 15.9 Å². The summed E-state index contributed by atoms with van der Waals surface area (Å²) in [6.07, 6.45) is 6.80. The number of nitrogens with one attached hydrogen (secondary N) is 1. The number of para-hydroxylation sites is 1. The first-order valence-corrected chi connectivity index (χ1v) is 15.9. The van der Waals surface area contributed by atoms with Crippen LogP contribution in [0.2, 0.25) is 0 Å². The number of anilines is 2. The van der Waals surface area contributed by atoms with Gasteiger partial charge < -0.3 is 9.80 Å². The number of rotatable bonds is 10. The molecule has 1 atom stereocenters. The predicted molar refractivity (Wildman–Crippen MR) is 161 cm³/mol. The smallest absolute Gasteiger partial charge is 0.270 e. The third kappa shape index (κ3) is 7.23. The number of carbonyl (C=O) groups is 1. The van der Waals surface area contributed by atoms with Gasteiger partial charge in [-0.1, -0.05) is 31.0 Å². The molecular weight excluding hydrogens is 544 g/mol. The monoisotopic (exact) mass is 584 g/mol. The van der Waals surface area contributed by atoms with Crippen LogP contribution in [0.15, 0.2) is 52.5 Å². The number of hydrogen-bond acceptors (Lipinski definition) is 8. The molecule has 12 heteroatoms. The van der Waals surface area contributed by atoms with Crippen molar-refractivity contribution in [3.63, 3.8) is 0 Å². The Kier molecular flexibility index (Phi) is 10.3. The summed E-state index contributed by atoms with van der Waals surface area (Å²) in [4.78, 5) is 27.8. The van der Waals surface area contributed by atoms with Gasteiger partial charge in [0.05, 0.1) is 22.7 Å². The van der Waals surface area contributed by atoms with E-state index in [0.717, 1.165) is 62.4 Å². The second kappa shape index (κ2) is 13.9.